The Morgan fingerprint density at radius 3 is 2.65 bits per heavy atom. The smallest absolute Gasteiger partial charge is 0.346 e. The number of carbonyl (C=O) groups excluding carboxylic acids is 1. The van der Waals surface area contributed by atoms with Gasteiger partial charge in [-0.1, -0.05) is 18.6 Å². The second-order valence-corrected chi connectivity index (χ2v) is 8.69. The molecule has 3 heterocycles. The largest absolute Gasteiger partial charge is 0.497 e. The topological polar surface area (TPSA) is 81.4 Å². The first-order valence-electron chi connectivity index (χ1n) is 11.4. The van der Waals surface area contributed by atoms with Crippen molar-refractivity contribution in [3.63, 3.8) is 0 Å². The Morgan fingerprint density at radius 2 is 1.90 bits per heavy atom. The van der Waals surface area contributed by atoms with Crippen LogP contribution < -0.4 is 15.7 Å². The maximum atomic E-state index is 12.5. The molecule has 0 radical (unpaired) electrons. The lowest BCUT2D eigenvalue weighted by atomic mass is 9.96. The minimum atomic E-state index is -0.154. The number of likely N-dealkylation sites (tertiary alicyclic amines) is 1. The lowest BCUT2D eigenvalue weighted by Crippen LogP contribution is -2.40. The van der Waals surface area contributed by atoms with Crippen molar-refractivity contribution in [2.45, 2.75) is 58.2 Å². The molecule has 0 spiro atoms. The fourth-order valence-electron chi connectivity index (χ4n) is 4.52. The Hall–Kier alpha value is -2.61. The maximum absolute atomic E-state index is 12.5. The quantitative estimate of drug-likeness (QED) is 0.729. The molecule has 0 bridgehead atoms. The molecule has 8 nitrogen and oxygen atoms in total. The summed E-state index contributed by atoms with van der Waals surface area (Å²) in [6, 6.07) is 8.23. The zero-order valence-corrected chi connectivity index (χ0v) is 18.4. The number of methoxy groups -OCH3 is 1. The first-order chi connectivity index (χ1) is 15.1. The van der Waals surface area contributed by atoms with Crippen LogP contribution in [0.2, 0.25) is 0 Å². The van der Waals surface area contributed by atoms with E-state index in [0.717, 1.165) is 69.7 Å². The number of fused-ring (bicyclic) bond motifs is 1. The minimum absolute atomic E-state index is 0.00908. The van der Waals surface area contributed by atoms with Crippen LogP contribution in [0, 0.1) is 5.92 Å². The van der Waals surface area contributed by atoms with E-state index in [1.807, 2.05) is 12.1 Å². The van der Waals surface area contributed by atoms with Gasteiger partial charge < -0.3 is 10.1 Å². The Labute approximate surface area is 183 Å². The standard InChI is InChI=1S/C23H33N5O3/c1-31-20-8-6-19(7-9-20)16-26-13-10-18(11-14-26)15-24-22(29)17-28-23(30)27-12-4-2-3-5-21(27)25-28/h6-9,18H,2-5,10-17H2,1H3,(H,24,29). The number of piperidine rings is 1. The van der Waals surface area contributed by atoms with E-state index in [1.165, 1.54) is 10.2 Å². The molecule has 0 saturated carbocycles. The Morgan fingerprint density at radius 1 is 1.13 bits per heavy atom. The Balaban J connectivity index is 1.20. The number of hydrogen-bond donors (Lipinski definition) is 1. The summed E-state index contributed by atoms with van der Waals surface area (Å²) in [5.74, 6) is 2.05. The number of carbonyl (C=O) groups is 1. The predicted molar refractivity (Wildman–Crippen MR) is 118 cm³/mol. The maximum Gasteiger partial charge on any atom is 0.346 e. The number of aromatic nitrogens is 3. The Bertz CT molecular complexity index is 926. The number of ether oxygens (including phenoxy) is 1. The van der Waals surface area contributed by atoms with E-state index in [1.54, 1.807) is 11.7 Å². The molecule has 1 N–H and O–H groups in total. The average molecular weight is 428 g/mol. The van der Waals surface area contributed by atoms with Crippen molar-refractivity contribution in [2.75, 3.05) is 26.7 Å². The molecule has 168 valence electrons. The molecule has 0 aliphatic carbocycles. The van der Waals surface area contributed by atoms with Crippen molar-refractivity contribution in [2.24, 2.45) is 5.92 Å². The molecule has 4 rings (SSSR count). The number of rotatable bonds is 7. The normalized spacial score (nSPS) is 17.7. The molecule has 1 saturated heterocycles. The molecule has 2 aliphatic rings. The molecule has 31 heavy (non-hydrogen) atoms. The van der Waals surface area contributed by atoms with Gasteiger partial charge in [0, 0.05) is 26.1 Å². The van der Waals surface area contributed by atoms with Gasteiger partial charge in [-0.3, -0.25) is 14.3 Å². The van der Waals surface area contributed by atoms with E-state index >= 15 is 0 Å². The minimum Gasteiger partial charge on any atom is -0.497 e. The monoisotopic (exact) mass is 427 g/mol. The van der Waals surface area contributed by atoms with Crippen molar-refractivity contribution in [1.82, 2.24) is 24.6 Å². The third kappa shape index (κ3) is 5.55. The van der Waals surface area contributed by atoms with Gasteiger partial charge in [0.05, 0.1) is 7.11 Å². The van der Waals surface area contributed by atoms with Crippen molar-refractivity contribution in [3.8, 4) is 5.75 Å². The molecule has 0 unspecified atom stereocenters. The number of nitrogens with zero attached hydrogens (tertiary/aromatic N) is 4. The molecule has 1 amide bonds. The third-order valence-corrected chi connectivity index (χ3v) is 6.44. The first kappa shape index (κ1) is 21.6. The zero-order valence-electron chi connectivity index (χ0n) is 18.4. The lowest BCUT2D eigenvalue weighted by molar-refractivity contribution is -0.122. The van der Waals surface area contributed by atoms with Crippen molar-refractivity contribution < 1.29 is 9.53 Å². The summed E-state index contributed by atoms with van der Waals surface area (Å²) >= 11 is 0. The van der Waals surface area contributed by atoms with E-state index in [0.29, 0.717) is 19.0 Å². The average Bonchev–Trinajstić information content (AvgIpc) is 2.94. The van der Waals surface area contributed by atoms with Gasteiger partial charge in [-0.25, -0.2) is 9.48 Å². The summed E-state index contributed by atoms with van der Waals surface area (Å²) in [6.45, 7) is 4.38. The van der Waals surface area contributed by atoms with Gasteiger partial charge in [0.25, 0.3) is 0 Å². The summed E-state index contributed by atoms with van der Waals surface area (Å²) in [5.41, 5.74) is 1.13. The van der Waals surface area contributed by atoms with Crippen LogP contribution in [-0.4, -0.2) is 51.9 Å². The molecule has 1 aromatic carbocycles. The zero-order chi connectivity index (χ0) is 21.6. The van der Waals surface area contributed by atoms with Gasteiger partial charge in [-0.2, -0.15) is 5.10 Å². The predicted octanol–water partition coefficient (Wildman–Crippen LogP) is 1.81. The molecular formula is C23H33N5O3. The van der Waals surface area contributed by atoms with Crippen molar-refractivity contribution in [1.29, 1.82) is 0 Å². The van der Waals surface area contributed by atoms with Gasteiger partial charge in [0.2, 0.25) is 5.91 Å². The van der Waals surface area contributed by atoms with E-state index in [9.17, 15) is 9.59 Å². The van der Waals surface area contributed by atoms with Gasteiger partial charge in [0.1, 0.15) is 18.1 Å². The highest BCUT2D eigenvalue weighted by molar-refractivity contribution is 5.75. The van der Waals surface area contributed by atoms with Crippen molar-refractivity contribution in [3.05, 3.63) is 46.1 Å². The van der Waals surface area contributed by atoms with Crippen LogP contribution in [0.15, 0.2) is 29.1 Å². The molecule has 1 aromatic heterocycles. The summed E-state index contributed by atoms with van der Waals surface area (Å²) in [5, 5.41) is 7.42. The number of nitrogens with one attached hydrogen (secondary N) is 1. The number of amides is 1. The fraction of sp³-hybridized carbons (Fsp3) is 0.609. The number of benzene rings is 1. The van der Waals surface area contributed by atoms with E-state index in [4.69, 9.17) is 4.74 Å². The van der Waals surface area contributed by atoms with Gasteiger partial charge in [-0.05, 0) is 62.4 Å². The van der Waals surface area contributed by atoms with E-state index < -0.39 is 0 Å². The van der Waals surface area contributed by atoms with Crippen LogP contribution in [0.5, 0.6) is 5.75 Å². The number of aryl methyl sites for hydroxylation is 1. The Kier molecular flexibility index (Phi) is 7.06. The van der Waals surface area contributed by atoms with Gasteiger partial charge in [-0.15, -0.1) is 0 Å². The van der Waals surface area contributed by atoms with Crippen LogP contribution in [0.25, 0.3) is 0 Å². The molecule has 1 fully saturated rings. The summed E-state index contributed by atoms with van der Waals surface area (Å²) in [7, 11) is 1.68. The van der Waals surface area contributed by atoms with Crippen LogP contribution in [0.4, 0.5) is 0 Å². The second kappa shape index (κ2) is 10.1. The SMILES string of the molecule is COc1ccc(CN2CCC(CNC(=O)Cn3nc4n(c3=O)CCCCC4)CC2)cc1. The fourth-order valence-corrected chi connectivity index (χ4v) is 4.52. The van der Waals surface area contributed by atoms with Crippen molar-refractivity contribution >= 4 is 5.91 Å². The van der Waals surface area contributed by atoms with E-state index in [2.05, 4.69) is 27.4 Å². The van der Waals surface area contributed by atoms with E-state index in [-0.39, 0.29) is 18.1 Å². The van der Waals surface area contributed by atoms with Gasteiger partial charge in [0.15, 0.2) is 0 Å². The molecule has 0 atom stereocenters. The van der Waals surface area contributed by atoms with Gasteiger partial charge >= 0.3 is 5.69 Å². The highest BCUT2D eigenvalue weighted by Crippen LogP contribution is 2.19. The number of hydrogen-bond acceptors (Lipinski definition) is 5. The first-order valence-corrected chi connectivity index (χ1v) is 11.4. The second-order valence-electron chi connectivity index (χ2n) is 8.69. The summed E-state index contributed by atoms with van der Waals surface area (Å²) in [6.07, 6.45) is 6.13. The molecule has 8 heteroatoms. The lowest BCUT2D eigenvalue weighted by Gasteiger charge is -2.32. The summed E-state index contributed by atoms with van der Waals surface area (Å²) < 4.78 is 8.28. The van der Waals surface area contributed by atoms with Crippen LogP contribution in [0.1, 0.15) is 43.5 Å². The van der Waals surface area contributed by atoms with Crippen LogP contribution in [-0.2, 0) is 30.8 Å². The van der Waals surface area contributed by atoms with Crippen LogP contribution >= 0.6 is 0 Å². The molecule has 2 aliphatic heterocycles. The summed E-state index contributed by atoms with van der Waals surface area (Å²) in [4.78, 5) is 27.4. The molecule has 2 aromatic rings. The highest BCUT2D eigenvalue weighted by atomic mass is 16.5. The third-order valence-electron chi connectivity index (χ3n) is 6.44. The highest BCUT2D eigenvalue weighted by Gasteiger charge is 2.21. The van der Waals surface area contributed by atoms with Crippen LogP contribution in [0.3, 0.4) is 0 Å². The molecular weight excluding hydrogens is 394 g/mol.